The molecule has 0 unspecified atom stereocenters. The number of anilines is 6. The van der Waals surface area contributed by atoms with E-state index >= 15 is 0 Å². The van der Waals surface area contributed by atoms with Crippen molar-refractivity contribution >= 4 is 78.0 Å². The fourth-order valence-corrected chi connectivity index (χ4v) is 7.40. The Kier molecular flexibility index (Phi) is 7.10. The zero-order valence-electron chi connectivity index (χ0n) is 28.2. The molecular formula is C48H32N2O2. The lowest BCUT2D eigenvalue weighted by Crippen LogP contribution is -2.10. The summed E-state index contributed by atoms with van der Waals surface area (Å²) in [5.74, 6) is 0. The van der Waals surface area contributed by atoms with Gasteiger partial charge in [0.1, 0.15) is 22.3 Å². The van der Waals surface area contributed by atoms with Gasteiger partial charge in [0.2, 0.25) is 0 Å². The van der Waals surface area contributed by atoms with Crippen LogP contribution in [0.1, 0.15) is 0 Å². The highest BCUT2D eigenvalue weighted by Crippen LogP contribution is 2.42. The van der Waals surface area contributed by atoms with Crippen LogP contribution in [0.15, 0.2) is 203 Å². The molecular weight excluding hydrogens is 637 g/mol. The Bertz CT molecular complexity index is 2670. The second-order valence-electron chi connectivity index (χ2n) is 13.0. The molecule has 8 aromatic carbocycles. The normalized spacial score (nSPS) is 11.5. The Morgan fingerprint density at radius 1 is 0.250 bits per heavy atom. The minimum atomic E-state index is 0.881. The summed E-state index contributed by atoms with van der Waals surface area (Å²) in [5.41, 5.74) is 12.2. The van der Waals surface area contributed by atoms with Crippen LogP contribution in [-0.2, 0) is 0 Å². The number of rotatable bonds is 7. The van der Waals surface area contributed by atoms with Crippen LogP contribution >= 0.6 is 0 Å². The zero-order valence-corrected chi connectivity index (χ0v) is 28.2. The van der Waals surface area contributed by atoms with Crippen molar-refractivity contribution in [1.82, 2.24) is 0 Å². The molecule has 0 N–H and O–H groups in total. The van der Waals surface area contributed by atoms with Gasteiger partial charge in [-0.3, -0.25) is 0 Å². The van der Waals surface area contributed by atoms with Crippen molar-refractivity contribution in [1.29, 1.82) is 0 Å². The van der Waals surface area contributed by atoms with Gasteiger partial charge in [-0.05, 0) is 108 Å². The molecule has 10 rings (SSSR count). The fraction of sp³-hybridized carbons (Fsp3) is 0. The first kappa shape index (κ1) is 29.8. The quantitative estimate of drug-likeness (QED) is 0.169. The molecule has 0 fully saturated rings. The molecule has 0 bridgehead atoms. The number of nitrogens with zero attached hydrogens (tertiary/aromatic N) is 2. The molecule has 52 heavy (non-hydrogen) atoms. The van der Waals surface area contributed by atoms with Gasteiger partial charge in [0.05, 0.1) is 0 Å². The molecule has 4 heteroatoms. The van der Waals surface area contributed by atoms with E-state index in [0.29, 0.717) is 0 Å². The van der Waals surface area contributed by atoms with E-state index in [1.54, 1.807) is 0 Å². The second kappa shape index (κ2) is 12.4. The summed E-state index contributed by atoms with van der Waals surface area (Å²) >= 11 is 0. The van der Waals surface area contributed by atoms with Crippen LogP contribution in [0.4, 0.5) is 34.1 Å². The highest BCUT2D eigenvalue weighted by Gasteiger charge is 2.18. The first-order valence-electron chi connectivity index (χ1n) is 17.5. The summed E-state index contributed by atoms with van der Waals surface area (Å²) in [7, 11) is 0. The van der Waals surface area contributed by atoms with E-state index in [2.05, 4.69) is 180 Å². The monoisotopic (exact) mass is 668 g/mol. The average Bonchev–Trinajstić information content (AvgIpc) is 3.77. The molecule has 0 spiro atoms. The van der Waals surface area contributed by atoms with Crippen LogP contribution in [0.25, 0.3) is 55.0 Å². The molecule has 0 aliphatic rings. The van der Waals surface area contributed by atoms with Crippen LogP contribution in [-0.4, -0.2) is 0 Å². The minimum Gasteiger partial charge on any atom is -0.456 e. The Morgan fingerprint density at radius 3 is 1.08 bits per heavy atom. The van der Waals surface area contributed by atoms with Crippen LogP contribution in [0, 0.1) is 0 Å². The largest absolute Gasteiger partial charge is 0.456 e. The summed E-state index contributed by atoms with van der Waals surface area (Å²) in [5, 5.41) is 4.42. The summed E-state index contributed by atoms with van der Waals surface area (Å²) in [6.07, 6.45) is 0. The third kappa shape index (κ3) is 5.17. The SMILES string of the molecule is c1ccc(N(c2cccc(-c3cccc(N(c4ccccc4)c4ccc5oc6ccccc6c5c4)c3)c2)c2ccc3oc4ccccc4c3c2)cc1. The number of benzene rings is 8. The highest BCUT2D eigenvalue weighted by atomic mass is 16.3. The maximum absolute atomic E-state index is 6.18. The molecule has 0 amide bonds. The number of hydrogen-bond acceptors (Lipinski definition) is 4. The molecule has 246 valence electrons. The van der Waals surface area contributed by atoms with Gasteiger partial charge in [-0.2, -0.15) is 0 Å². The average molecular weight is 669 g/mol. The zero-order chi connectivity index (χ0) is 34.4. The third-order valence-electron chi connectivity index (χ3n) is 9.81. The molecule has 10 aromatic rings. The predicted molar refractivity (Wildman–Crippen MR) is 216 cm³/mol. The molecule has 0 atom stereocenters. The molecule has 0 saturated carbocycles. The summed E-state index contributed by atoms with van der Waals surface area (Å²) < 4.78 is 12.4. The molecule has 0 aliphatic heterocycles. The lowest BCUT2D eigenvalue weighted by molar-refractivity contribution is 0.668. The van der Waals surface area contributed by atoms with Crippen LogP contribution < -0.4 is 9.80 Å². The summed E-state index contributed by atoms with van der Waals surface area (Å²) in [4.78, 5) is 4.63. The number of fused-ring (bicyclic) bond motifs is 6. The van der Waals surface area contributed by atoms with Crippen LogP contribution in [0.5, 0.6) is 0 Å². The highest BCUT2D eigenvalue weighted by molar-refractivity contribution is 6.07. The van der Waals surface area contributed by atoms with Crippen molar-refractivity contribution in [2.45, 2.75) is 0 Å². The third-order valence-corrected chi connectivity index (χ3v) is 9.81. The standard InChI is InChI=1S/C48H32N2O2/c1-3-15-35(16-4-1)49(39-25-27-47-43(31-39)41-21-7-9-23-45(41)51-47)37-19-11-13-33(29-37)34-14-12-20-38(30-34)50(36-17-5-2-6-18-36)40-26-28-48-44(32-40)42-22-8-10-24-46(42)52-48/h1-32H. The Morgan fingerprint density at radius 2 is 0.615 bits per heavy atom. The van der Waals surface area contributed by atoms with E-state index in [-0.39, 0.29) is 0 Å². The van der Waals surface area contributed by atoms with E-state index in [9.17, 15) is 0 Å². The van der Waals surface area contributed by atoms with Crippen molar-refractivity contribution < 1.29 is 8.83 Å². The van der Waals surface area contributed by atoms with Crippen molar-refractivity contribution in [3.63, 3.8) is 0 Å². The molecule has 4 nitrogen and oxygen atoms in total. The minimum absolute atomic E-state index is 0.881. The van der Waals surface area contributed by atoms with Gasteiger partial charge in [-0.1, -0.05) is 97.1 Å². The van der Waals surface area contributed by atoms with Crippen molar-refractivity contribution in [2.24, 2.45) is 0 Å². The van der Waals surface area contributed by atoms with Gasteiger partial charge in [0, 0.05) is 55.7 Å². The maximum atomic E-state index is 6.18. The van der Waals surface area contributed by atoms with Gasteiger partial charge < -0.3 is 18.6 Å². The lowest BCUT2D eigenvalue weighted by atomic mass is 10.0. The van der Waals surface area contributed by atoms with E-state index in [4.69, 9.17) is 8.83 Å². The van der Waals surface area contributed by atoms with Crippen molar-refractivity contribution in [3.8, 4) is 11.1 Å². The smallest absolute Gasteiger partial charge is 0.135 e. The van der Waals surface area contributed by atoms with E-state index in [1.807, 2.05) is 24.3 Å². The number of para-hydroxylation sites is 4. The molecule has 0 radical (unpaired) electrons. The van der Waals surface area contributed by atoms with E-state index in [1.165, 1.54) is 0 Å². The predicted octanol–water partition coefficient (Wildman–Crippen LogP) is 14.1. The van der Waals surface area contributed by atoms with Crippen LogP contribution in [0.2, 0.25) is 0 Å². The van der Waals surface area contributed by atoms with Crippen molar-refractivity contribution in [2.75, 3.05) is 9.80 Å². The van der Waals surface area contributed by atoms with Gasteiger partial charge in [0.25, 0.3) is 0 Å². The van der Waals surface area contributed by atoms with Crippen molar-refractivity contribution in [3.05, 3.63) is 194 Å². The number of hydrogen-bond donors (Lipinski definition) is 0. The van der Waals surface area contributed by atoms with Gasteiger partial charge in [-0.25, -0.2) is 0 Å². The van der Waals surface area contributed by atoms with E-state index in [0.717, 1.165) is 89.1 Å². The van der Waals surface area contributed by atoms with Gasteiger partial charge >= 0.3 is 0 Å². The molecule has 2 heterocycles. The summed E-state index contributed by atoms with van der Waals surface area (Å²) in [6, 6.07) is 68.0. The first-order valence-corrected chi connectivity index (χ1v) is 17.5. The Labute approximate surface area is 301 Å². The van der Waals surface area contributed by atoms with Gasteiger partial charge in [0.15, 0.2) is 0 Å². The second-order valence-corrected chi connectivity index (χ2v) is 13.0. The molecule has 2 aromatic heterocycles. The lowest BCUT2D eigenvalue weighted by Gasteiger charge is -2.27. The molecule has 0 saturated heterocycles. The molecule has 0 aliphatic carbocycles. The topological polar surface area (TPSA) is 32.8 Å². The van der Waals surface area contributed by atoms with Gasteiger partial charge in [-0.15, -0.1) is 0 Å². The Hall–Kier alpha value is -7.04. The Balaban J connectivity index is 1.08. The van der Waals surface area contributed by atoms with Crippen LogP contribution in [0.3, 0.4) is 0 Å². The number of furan rings is 2. The van der Waals surface area contributed by atoms with E-state index < -0.39 is 0 Å². The summed E-state index contributed by atoms with van der Waals surface area (Å²) in [6.45, 7) is 0. The maximum Gasteiger partial charge on any atom is 0.135 e. The first-order chi connectivity index (χ1) is 25.8. The fourth-order valence-electron chi connectivity index (χ4n) is 7.40.